The van der Waals surface area contributed by atoms with Gasteiger partial charge in [-0.05, 0) is 72.2 Å². The highest BCUT2D eigenvalue weighted by atomic mass is 35.5. The lowest BCUT2D eigenvalue weighted by Gasteiger charge is -2.17. The number of fused-ring (bicyclic) bond motifs is 1. The van der Waals surface area contributed by atoms with Crippen LogP contribution in [0.3, 0.4) is 0 Å². The summed E-state index contributed by atoms with van der Waals surface area (Å²) in [6.07, 6.45) is 3.22. The van der Waals surface area contributed by atoms with Gasteiger partial charge in [0.1, 0.15) is 11.5 Å². The Morgan fingerprint density at radius 3 is 2.72 bits per heavy atom. The quantitative estimate of drug-likeness (QED) is 0.280. The van der Waals surface area contributed by atoms with Gasteiger partial charge in [-0.15, -0.1) is 5.10 Å². The highest BCUT2D eigenvalue weighted by Gasteiger charge is 2.32. The van der Waals surface area contributed by atoms with Crippen LogP contribution in [0.5, 0.6) is 0 Å². The first-order chi connectivity index (χ1) is 17.4. The standard InChI is InChI=1S/C25H18Cl2FN7O/c1-13-2-5-17(25(28)30-13)19-11-20(31-24(19)27)22-7-4-16-8-14(9-23(36)35(16)22)18-10-15(26)3-6-21(18)34-12-29-32-33-34/h2-3,5-6,8-10,12,22H,4,7,11H2,1H3/t22-/m0/s1. The summed E-state index contributed by atoms with van der Waals surface area (Å²) in [4.78, 5) is 21.8. The van der Waals surface area contributed by atoms with Crippen molar-refractivity contribution in [2.45, 2.75) is 32.2 Å². The van der Waals surface area contributed by atoms with Gasteiger partial charge in [-0.1, -0.05) is 23.2 Å². The van der Waals surface area contributed by atoms with E-state index in [1.54, 1.807) is 41.8 Å². The van der Waals surface area contributed by atoms with E-state index in [2.05, 4.69) is 25.5 Å². The summed E-state index contributed by atoms with van der Waals surface area (Å²) >= 11 is 12.7. The zero-order valence-electron chi connectivity index (χ0n) is 19.0. The first-order valence-electron chi connectivity index (χ1n) is 11.3. The maximum absolute atomic E-state index is 14.5. The highest BCUT2D eigenvalue weighted by molar-refractivity contribution is 6.35. The van der Waals surface area contributed by atoms with Crippen molar-refractivity contribution in [3.8, 4) is 16.8 Å². The second kappa shape index (κ2) is 8.76. The van der Waals surface area contributed by atoms with Gasteiger partial charge >= 0.3 is 0 Å². The smallest absolute Gasteiger partial charge is 0.251 e. The Balaban J connectivity index is 1.35. The Morgan fingerprint density at radius 1 is 1.08 bits per heavy atom. The number of benzene rings is 1. The lowest BCUT2D eigenvalue weighted by atomic mass is 9.99. The van der Waals surface area contributed by atoms with Crippen LogP contribution in [0.25, 0.3) is 22.4 Å². The molecule has 180 valence electrons. The van der Waals surface area contributed by atoms with Crippen molar-refractivity contribution in [3.63, 3.8) is 0 Å². The number of aliphatic imine (C=N–C) groups is 1. The second-order valence-corrected chi connectivity index (χ2v) is 9.55. The molecule has 0 unspecified atom stereocenters. The second-order valence-electron chi connectivity index (χ2n) is 8.75. The molecule has 2 aliphatic rings. The lowest BCUT2D eigenvalue weighted by molar-refractivity contribution is 0.576. The van der Waals surface area contributed by atoms with E-state index in [9.17, 15) is 9.18 Å². The largest absolute Gasteiger partial charge is 0.304 e. The molecule has 0 N–H and O–H groups in total. The molecule has 1 atom stereocenters. The van der Waals surface area contributed by atoms with Crippen molar-refractivity contribution in [2.24, 2.45) is 4.99 Å². The van der Waals surface area contributed by atoms with Crippen molar-refractivity contribution in [1.29, 1.82) is 0 Å². The molecule has 0 bridgehead atoms. The molecule has 36 heavy (non-hydrogen) atoms. The minimum atomic E-state index is -0.576. The number of hydrogen-bond acceptors (Lipinski definition) is 6. The normalized spacial score (nSPS) is 17.0. The van der Waals surface area contributed by atoms with Gasteiger partial charge in [0.25, 0.3) is 5.56 Å². The monoisotopic (exact) mass is 521 g/mol. The number of aromatic nitrogens is 6. The first kappa shape index (κ1) is 22.8. The van der Waals surface area contributed by atoms with Crippen LogP contribution in [0.2, 0.25) is 5.02 Å². The molecule has 0 fully saturated rings. The summed E-state index contributed by atoms with van der Waals surface area (Å²) in [6.45, 7) is 1.73. The molecule has 0 radical (unpaired) electrons. The molecule has 0 saturated heterocycles. The predicted octanol–water partition coefficient (Wildman–Crippen LogP) is 4.93. The molecular formula is C25H18Cl2FN7O. The fourth-order valence-corrected chi connectivity index (χ4v) is 5.36. The summed E-state index contributed by atoms with van der Waals surface area (Å²) in [7, 11) is 0. The minimum Gasteiger partial charge on any atom is -0.304 e. The zero-order valence-corrected chi connectivity index (χ0v) is 20.5. The molecule has 6 rings (SSSR count). The van der Waals surface area contributed by atoms with Crippen LogP contribution in [-0.4, -0.2) is 35.5 Å². The zero-order chi connectivity index (χ0) is 25.0. The summed E-state index contributed by atoms with van der Waals surface area (Å²) in [5.41, 5.74) is 5.12. The molecule has 4 aromatic rings. The molecule has 5 heterocycles. The summed E-state index contributed by atoms with van der Waals surface area (Å²) in [5.74, 6) is -0.576. The molecule has 2 aliphatic heterocycles. The lowest BCUT2D eigenvalue weighted by Crippen LogP contribution is -2.27. The number of rotatable bonds is 4. The average molecular weight is 522 g/mol. The first-order valence-corrected chi connectivity index (χ1v) is 12.0. The Bertz CT molecular complexity index is 1640. The summed E-state index contributed by atoms with van der Waals surface area (Å²) < 4.78 is 17.8. The Kier molecular flexibility index (Phi) is 5.54. The molecular weight excluding hydrogens is 504 g/mol. The van der Waals surface area contributed by atoms with Crippen LogP contribution in [0.4, 0.5) is 4.39 Å². The molecule has 0 aliphatic carbocycles. The maximum atomic E-state index is 14.5. The van der Waals surface area contributed by atoms with E-state index in [-0.39, 0.29) is 16.8 Å². The molecule has 0 amide bonds. The van der Waals surface area contributed by atoms with Crippen LogP contribution in [-0.2, 0) is 6.42 Å². The fourth-order valence-electron chi connectivity index (χ4n) is 4.91. The van der Waals surface area contributed by atoms with E-state index in [1.165, 1.54) is 11.0 Å². The number of allylic oxidation sites excluding steroid dienone is 1. The number of halogens is 3. The Morgan fingerprint density at radius 2 is 1.94 bits per heavy atom. The topological polar surface area (TPSA) is 90.9 Å². The van der Waals surface area contributed by atoms with Gasteiger partial charge in [-0.2, -0.15) is 9.07 Å². The van der Waals surface area contributed by atoms with E-state index < -0.39 is 5.95 Å². The van der Waals surface area contributed by atoms with Crippen LogP contribution < -0.4 is 5.56 Å². The molecule has 1 aromatic carbocycles. The fraction of sp³-hybridized carbons (Fsp3) is 0.200. The number of nitrogens with zero attached hydrogens (tertiary/aromatic N) is 7. The molecule has 11 heteroatoms. The van der Waals surface area contributed by atoms with Crippen molar-refractivity contribution in [2.75, 3.05) is 0 Å². The van der Waals surface area contributed by atoms with Crippen molar-refractivity contribution in [1.82, 2.24) is 29.8 Å². The van der Waals surface area contributed by atoms with E-state index >= 15 is 0 Å². The van der Waals surface area contributed by atoms with Gasteiger partial charge in [-0.25, -0.2) is 9.98 Å². The van der Waals surface area contributed by atoms with Gasteiger partial charge in [0.05, 0.1) is 11.7 Å². The average Bonchev–Trinajstić information content (AvgIpc) is 3.59. The minimum absolute atomic E-state index is 0.164. The number of aryl methyl sites for hydroxylation is 2. The van der Waals surface area contributed by atoms with E-state index in [4.69, 9.17) is 23.2 Å². The predicted molar refractivity (Wildman–Crippen MR) is 135 cm³/mol. The van der Waals surface area contributed by atoms with Crippen molar-refractivity contribution >= 4 is 34.5 Å². The third-order valence-electron chi connectivity index (χ3n) is 6.55. The molecule has 3 aromatic heterocycles. The molecule has 8 nitrogen and oxygen atoms in total. The van der Waals surface area contributed by atoms with E-state index in [0.29, 0.717) is 46.8 Å². The third-order valence-corrected chi connectivity index (χ3v) is 7.09. The molecule has 0 saturated carbocycles. The Hall–Kier alpha value is -3.69. The molecule has 0 spiro atoms. The van der Waals surface area contributed by atoms with Crippen LogP contribution >= 0.6 is 23.2 Å². The number of tetrazole rings is 1. The van der Waals surface area contributed by atoms with Gasteiger partial charge < -0.3 is 4.57 Å². The van der Waals surface area contributed by atoms with Crippen molar-refractivity contribution in [3.05, 3.63) is 92.2 Å². The van der Waals surface area contributed by atoms with Crippen LogP contribution in [0.15, 0.2) is 63.7 Å². The van der Waals surface area contributed by atoms with Gasteiger partial charge in [0.2, 0.25) is 5.95 Å². The number of hydrogen-bond donors (Lipinski definition) is 0. The van der Waals surface area contributed by atoms with Crippen molar-refractivity contribution < 1.29 is 4.39 Å². The van der Waals surface area contributed by atoms with Crippen LogP contribution in [0.1, 0.15) is 35.8 Å². The SMILES string of the molecule is Cc1ccc(C2=C(Cl)N=C([C@@H]3CCc4cc(-c5cc(Cl)ccc5-n5cnnn5)cc(=O)n43)C2)c(F)n1. The highest BCUT2D eigenvalue weighted by Crippen LogP contribution is 2.39. The Labute approximate surface area is 214 Å². The van der Waals surface area contributed by atoms with Gasteiger partial charge in [0.15, 0.2) is 0 Å². The number of pyridine rings is 2. The van der Waals surface area contributed by atoms with Crippen LogP contribution in [0, 0.1) is 12.9 Å². The van der Waals surface area contributed by atoms with Gasteiger partial charge in [0, 0.05) is 51.3 Å². The third kappa shape index (κ3) is 3.84. The maximum Gasteiger partial charge on any atom is 0.251 e. The van der Waals surface area contributed by atoms with E-state index in [1.807, 2.05) is 12.1 Å². The summed E-state index contributed by atoms with van der Waals surface area (Å²) in [6, 6.07) is 12.1. The summed E-state index contributed by atoms with van der Waals surface area (Å²) in [5, 5.41) is 12.2. The van der Waals surface area contributed by atoms with E-state index in [0.717, 1.165) is 22.5 Å². The van der Waals surface area contributed by atoms with Gasteiger partial charge in [-0.3, -0.25) is 4.79 Å².